The number of carbonyl (C=O) groups is 2. The van der Waals surface area contributed by atoms with E-state index in [-0.39, 0.29) is 17.6 Å². The summed E-state index contributed by atoms with van der Waals surface area (Å²) in [6, 6.07) is 6.40. The van der Waals surface area contributed by atoms with Crippen LogP contribution >= 0.6 is 0 Å². The van der Waals surface area contributed by atoms with E-state index < -0.39 is 11.4 Å². The zero-order valence-electron chi connectivity index (χ0n) is 23.6. The third-order valence-electron chi connectivity index (χ3n) is 7.37. The molecule has 1 atom stereocenters. The van der Waals surface area contributed by atoms with Crippen molar-refractivity contribution in [2.75, 3.05) is 46.2 Å². The summed E-state index contributed by atoms with van der Waals surface area (Å²) in [5.74, 6) is 5.78. The number of H-pyrrole nitrogens is 1. The number of fused-ring (bicyclic) bond motifs is 1. The van der Waals surface area contributed by atoms with Crippen molar-refractivity contribution in [3.63, 3.8) is 0 Å². The molecule has 3 N–H and O–H groups in total. The van der Waals surface area contributed by atoms with Gasteiger partial charge in [0.05, 0.1) is 35.3 Å². The molecule has 5 rings (SSSR count). The van der Waals surface area contributed by atoms with Crippen LogP contribution in [0.25, 0.3) is 11.3 Å². The molecule has 9 nitrogen and oxygen atoms in total. The number of aromatic nitrogens is 2. The number of pyridine rings is 1. The fourth-order valence-electron chi connectivity index (χ4n) is 5.07. The van der Waals surface area contributed by atoms with Crippen molar-refractivity contribution >= 4 is 23.2 Å². The minimum Gasteiger partial charge on any atom is -0.492 e. The Bertz CT molecular complexity index is 1580. The summed E-state index contributed by atoms with van der Waals surface area (Å²) < 4.78 is 19.8. The van der Waals surface area contributed by atoms with Gasteiger partial charge in [-0.05, 0) is 45.6 Å². The maximum absolute atomic E-state index is 14.5. The fourth-order valence-corrected chi connectivity index (χ4v) is 5.07. The molecule has 0 bridgehead atoms. The smallest absolute Gasteiger partial charge is 0.255 e. The normalized spacial score (nSPS) is 17.9. The second-order valence-electron chi connectivity index (χ2n) is 10.5. The van der Waals surface area contributed by atoms with E-state index in [1.54, 1.807) is 35.5 Å². The van der Waals surface area contributed by atoms with Gasteiger partial charge in [-0.15, -0.1) is 0 Å². The van der Waals surface area contributed by atoms with Gasteiger partial charge in [0.1, 0.15) is 5.54 Å². The number of benzene rings is 1. The lowest BCUT2D eigenvalue weighted by Gasteiger charge is -2.46. The van der Waals surface area contributed by atoms with Crippen LogP contribution in [0.5, 0.6) is 5.75 Å². The topological polar surface area (TPSA) is 103 Å². The van der Waals surface area contributed by atoms with Crippen molar-refractivity contribution in [2.24, 2.45) is 0 Å². The standard InChI is InChI=1S/C31H33FN6O3/c1-31(14-18-38(31)25(39)9-6-17-37(2)3)13-10-20-19-33-15-11-21(20)27-28(26-23(35-27)12-16-34-30(26)40)36-24-8-5-7-22(32)29(24)41-4/h5-9,11,15,19,35-36H,12,14,16-18H2,1-4H3,(H,34,40)/b9-6+/t31-/m0/s1. The minimum absolute atomic E-state index is 0.0432. The van der Waals surface area contributed by atoms with Crippen molar-refractivity contribution < 1.29 is 18.7 Å². The summed E-state index contributed by atoms with van der Waals surface area (Å²) in [6.45, 7) is 3.77. The van der Waals surface area contributed by atoms with E-state index in [0.29, 0.717) is 54.3 Å². The van der Waals surface area contributed by atoms with E-state index in [1.807, 2.05) is 38.1 Å². The second-order valence-corrected chi connectivity index (χ2v) is 10.5. The lowest BCUT2D eigenvalue weighted by atomic mass is 9.86. The molecule has 0 saturated carbocycles. The van der Waals surface area contributed by atoms with Crippen molar-refractivity contribution in [3.05, 3.63) is 71.4 Å². The third kappa shape index (κ3) is 5.54. The van der Waals surface area contributed by atoms with Crippen LogP contribution in [0.4, 0.5) is 15.8 Å². The van der Waals surface area contributed by atoms with Gasteiger partial charge in [0.2, 0.25) is 5.91 Å². The summed E-state index contributed by atoms with van der Waals surface area (Å²) in [4.78, 5) is 37.3. The van der Waals surface area contributed by atoms with Gasteiger partial charge in [0.15, 0.2) is 11.6 Å². The van der Waals surface area contributed by atoms with Crippen LogP contribution in [0, 0.1) is 17.7 Å². The van der Waals surface area contributed by atoms with Crippen molar-refractivity contribution in [3.8, 4) is 28.8 Å². The van der Waals surface area contributed by atoms with Crippen LogP contribution in [0.3, 0.4) is 0 Å². The molecule has 1 fully saturated rings. The monoisotopic (exact) mass is 556 g/mol. The van der Waals surface area contributed by atoms with Gasteiger partial charge in [0.25, 0.3) is 5.91 Å². The number of likely N-dealkylation sites (N-methyl/N-ethyl adjacent to an activating group) is 1. The Morgan fingerprint density at radius 1 is 1.34 bits per heavy atom. The number of hydrogen-bond donors (Lipinski definition) is 3. The zero-order valence-corrected chi connectivity index (χ0v) is 23.6. The van der Waals surface area contributed by atoms with Gasteiger partial charge in [0, 0.05) is 55.8 Å². The molecule has 0 aliphatic carbocycles. The summed E-state index contributed by atoms with van der Waals surface area (Å²) in [5.41, 5.74) is 3.47. The molecule has 0 spiro atoms. The predicted octanol–water partition coefficient (Wildman–Crippen LogP) is 3.71. The van der Waals surface area contributed by atoms with Gasteiger partial charge in [-0.3, -0.25) is 14.6 Å². The number of nitrogens with zero attached hydrogens (tertiary/aromatic N) is 3. The Morgan fingerprint density at radius 2 is 2.17 bits per heavy atom. The first-order valence-electron chi connectivity index (χ1n) is 13.4. The van der Waals surface area contributed by atoms with Crippen LogP contribution in [0.15, 0.2) is 48.8 Å². The molecule has 1 aromatic carbocycles. The van der Waals surface area contributed by atoms with Gasteiger partial charge >= 0.3 is 0 Å². The molecule has 3 aromatic rings. The van der Waals surface area contributed by atoms with E-state index >= 15 is 0 Å². The molecule has 0 radical (unpaired) electrons. The molecule has 4 heterocycles. The highest BCUT2D eigenvalue weighted by Gasteiger charge is 2.41. The van der Waals surface area contributed by atoms with Crippen LogP contribution in [0.1, 0.15) is 35.0 Å². The molecule has 1 saturated heterocycles. The Hall–Kier alpha value is -4.62. The molecule has 2 aliphatic rings. The Morgan fingerprint density at radius 3 is 2.90 bits per heavy atom. The number of methoxy groups -OCH3 is 1. The number of amides is 2. The fraction of sp³-hybridized carbons (Fsp3) is 0.323. The molecule has 0 unspecified atom stereocenters. The molecule has 2 aliphatic heterocycles. The molecule has 212 valence electrons. The van der Waals surface area contributed by atoms with E-state index in [0.717, 1.165) is 17.7 Å². The summed E-state index contributed by atoms with van der Waals surface area (Å²) >= 11 is 0. The highest BCUT2D eigenvalue weighted by atomic mass is 19.1. The van der Waals surface area contributed by atoms with E-state index in [1.165, 1.54) is 13.2 Å². The zero-order chi connectivity index (χ0) is 29.1. The average Bonchev–Trinajstić information content (AvgIpc) is 3.30. The molecule has 41 heavy (non-hydrogen) atoms. The molecule has 2 amide bonds. The number of hydrogen-bond acceptors (Lipinski definition) is 6. The summed E-state index contributed by atoms with van der Waals surface area (Å²) in [6.07, 6.45) is 8.13. The first-order valence-corrected chi connectivity index (χ1v) is 13.4. The highest BCUT2D eigenvalue weighted by molar-refractivity contribution is 6.06. The number of ether oxygens (including phenoxy) is 1. The lowest BCUT2D eigenvalue weighted by molar-refractivity contribution is -0.136. The molecular weight excluding hydrogens is 523 g/mol. The maximum Gasteiger partial charge on any atom is 0.255 e. The number of aromatic amines is 1. The summed E-state index contributed by atoms with van der Waals surface area (Å²) in [5, 5.41) is 6.14. The number of carbonyl (C=O) groups excluding carboxylic acids is 2. The van der Waals surface area contributed by atoms with Gasteiger partial charge < -0.3 is 30.2 Å². The Labute approximate surface area is 238 Å². The van der Waals surface area contributed by atoms with Crippen LogP contribution in [-0.2, 0) is 11.2 Å². The van der Waals surface area contributed by atoms with E-state index in [2.05, 4.69) is 32.4 Å². The molecule has 10 heteroatoms. The van der Waals surface area contributed by atoms with Gasteiger partial charge in [-0.1, -0.05) is 24.0 Å². The van der Waals surface area contributed by atoms with Gasteiger partial charge in [-0.25, -0.2) is 4.39 Å². The lowest BCUT2D eigenvalue weighted by Crippen LogP contribution is -2.59. The second kappa shape index (κ2) is 11.5. The number of anilines is 2. The van der Waals surface area contributed by atoms with Crippen molar-refractivity contribution in [2.45, 2.75) is 25.3 Å². The van der Waals surface area contributed by atoms with Crippen LogP contribution in [-0.4, -0.2) is 78.0 Å². The average molecular weight is 557 g/mol. The Kier molecular flexibility index (Phi) is 7.81. The highest BCUT2D eigenvalue weighted by Crippen LogP contribution is 2.40. The van der Waals surface area contributed by atoms with Crippen molar-refractivity contribution in [1.29, 1.82) is 0 Å². The number of nitrogens with one attached hydrogen (secondary N) is 3. The number of rotatable bonds is 7. The van der Waals surface area contributed by atoms with E-state index in [4.69, 9.17) is 4.74 Å². The van der Waals surface area contributed by atoms with Gasteiger partial charge in [-0.2, -0.15) is 0 Å². The first-order chi connectivity index (χ1) is 19.7. The molecular formula is C31H33FN6O3. The summed E-state index contributed by atoms with van der Waals surface area (Å²) in [7, 11) is 5.29. The largest absolute Gasteiger partial charge is 0.492 e. The van der Waals surface area contributed by atoms with Crippen LogP contribution in [0.2, 0.25) is 0 Å². The first kappa shape index (κ1) is 27.9. The third-order valence-corrected chi connectivity index (χ3v) is 7.37. The molecule has 2 aromatic heterocycles. The maximum atomic E-state index is 14.5. The predicted molar refractivity (Wildman–Crippen MR) is 156 cm³/mol. The number of halogens is 1. The minimum atomic E-state index is -0.614. The number of likely N-dealkylation sites (tertiary alicyclic amines) is 1. The number of para-hydroxylation sites is 1. The van der Waals surface area contributed by atoms with Crippen LogP contribution < -0.4 is 15.4 Å². The Balaban J connectivity index is 1.53. The SMILES string of the molecule is COc1c(F)cccc1Nc1c(-c2ccncc2C#C[C@@]2(C)CCN2C(=O)/C=C/CN(C)C)[nH]c2c1C(=O)NCC2. The quantitative estimate of drug-likeness (QED) is 0.303. The van der Waals surface area contributed by atoms with Crippen molar-refractivity contribution in [1.82, 2.24) is 25.1 Å². The van der Waals surface area contributed by atoms with E-state index in [9.17, 15) is 14.0 Å².